The number of aliphatic hydroxyl groups is 2. The predicted octanol–water partition coefficient (Wildman–Crippen LogP) is 6.72. The Labute approximate surface area is 347 Å². The molecule has 2 aliphatic carbocycles. The molecule has 2 N–H and O–H groups in total. The van der Waals surface area contributed by atoms with Crippen LogP contribution >= 0.6 is 0 Å². The van der Waals surface area contributed by atoms with Crippen molar-refractivity contribution < 1.29 is 43.5 Å². The number of allylic oxidation sites excluding steroid dienone is 1. The number of benzene rings is 3. The molecule has 3 heterocycles. The maximum Gasteiger partial charge on any atom is 0.254 e. The van der Waals surface area contributed by atoms with Gasteiger partial charge in [-0.2, -0.15) is 0 Å². The maximum absolute atomic E-state index is 14.7. The van der Waals surface area contributed by atoms with E-state index >= 15 is 0 Å². The standard InChI is InChI=1S/C47H57N3O9/c1-3-24-57-47-43(49(2)46(53)34-15-17-41-42(27-34)56-31-55-41)29-39(48-58-30-32-11-5-4-6-12-32)37-26-33(13-7-9-22-51)36(14-8-10-23-52)44(45(37)47)38-28-35(16-18-40(38)59-47)54-25-21-50-19-20-50/h3-6,11-12,15-18,26-28,33,36,43-45,51-52H,1,7-10,13-14,19-25,29-31H2,2H3. The number of unbranched alkanes of at least 4 members (excludes halogenated alkanes) is 2. The van der Waals surface area contributed by atoms with Crippen LogP contribution in [0.1, 0.15) is 72.3 Å². The van der Waals surface area contributed by atoms with E-state index in [1.165, 1.54) is 0 Å². The van der Waals surface area contributed by atoms with Gasteiger partial charge in [0.1, 0.15) is 30.8 Å². The van der Waals surface area contributed by atoms with E-state index in [0.29, 0.717) is 48.7 Å². The summed E-state index contributed by atoms with van der Waals surface area (Å²) in [5, 5.41) is 24.7. The van der Waals surface area contributed by atoms with Crippen molar-refractivity contribution in [1.29, 1.82) is 0 Å². The van der Waals surface area contributed by atoms with E-state index < -0.39 is 17.7 Å². The Morgan fingerprint density at radius 1 is 0.983 bits per heavy atom. The first-order chi connectivity index (χ1) is 28.9. The number of nitrogens with zero attached hydrogens (tertiary/aromatic N) is 3. The van der Waals surface area contributed by atoms with Gasteiger partial charge in [-0.05, 0) is 85.1 Å². The van der Waals surface area contributed by atoms with Crippen LogP contribution in [0.25, 0.3) is 0 Å². The van der Waals surface area contributed by atoms with Crippen LogP contribution in [-0.4, -0.2) is 103 Å². The summed E-state index contributed by atoms with van der Waals surface area (Å²) >= 11 is 0. The number of amides is 1. The van der Waals surface area contributed by atoms with Gasteiger partial charge in [0.15, 0.2) is 11.5 Å². The summed E-state index contributed by atoms with van der Waals surface area (Å²) in [7, 11) is 1.80. The van der Waals surface area contributed by atoms with Gasteiger partial charge in [-0.25, -0.2) is 0 Å². The van der Waals surface area contributed by atoms with Gasteiger partial charge >= 0.3 is 0 Å². The molecule has 6 unspecified atom stereocenters. The molecule has 6 atom stereocenters. The summed E-state index contributed by atoms with van der Waals surface area (Å²) in [5.74, 6) is 0.658. The lowest BCUT2D eigenvalue weighted by Crippen LogP contribution is -2.69. The predicted molar refractivity (Wildman–Crippen MR) is 223 cm³/mol. The zero-order valence-corrected chi connectivity index (χ0v) is 34.0. The van der Waals surface area contributed by atoms with Crippen LogP contribution in [0, 0.1) is 17.8 Å². The summed E-state index contributed by atoms with van der Waals surface area (Å²) in [6.07, 6.45) is 9.16. The van der Waals surface area contributed by atoms with Gasteiger partial charge in [0.25, 0.3) is 5.91 Å². The van der Waals surface area contributed by atoms with E-state index in [4.69, 9.17) is 33.7 Å². The van der Waals surface area contributed by atoms with Crippen molar-refractivity contribution in [2.75, 3.05) is 59.9 Å². The average molecular weight is 808 g/mol. The lowest BCUT2D eigenvalue weighted by atomic mass is 9.55. The molecule has 3 aliphatic heterocycles. The number of likely N-dealkylation sites (N-methyl/N-ethyl adjacent to an activating group) is 1. The Bertz CT molecular complexity index is 2000. The third kappa shape index (κ3) is 8.73. The van der Waals surface area contributed by atoms with E-state index in [-0.39, 0.29) is 56.9 Å². The molecule has 1 saturated heterocycles. The van der Waals surface area contributed by atoms with Crippen LogP contribution in [0.15, 0.2) is 96.2 Å². The minimum Gasteiger partial charge on any atom is -0.492 e. The minimum atomic E-state index is -1.36. The van der Waals surface area contributed by atoms with E-state index in [9.17, 15) is 15.0 Å². The minimum absolute atomic E-state index is 0.101. The third-order valence-corrected chi connectivity index (χ3v) is 12.5. The Hall–Kier alpha value is -4.88. The highest BCUT2D eigenvalue weighted by Crippen LogP contribution is 2.62. The topological polar surface area (TPSA) is 132 Å². The SMILES string of the molecule is C=CCOC12Oc3ccc(OCCN4CC4)cc3C3C(CCCCO)C(CCCCO)C=C(C(=NOCc4ccccc4)CC1N(C)C(=O)c1ccc4c(c1)OCO4)C32. The van der Waals surface area contributed by atoms with Gasteiger partial charge in [-0.3, -0.25) is 9.69 Å². The molecule has 0 spiro atoms. The van der Waals surface area contributed by atoms with Crippen molar-refractivity contribution in [2.45, 2.75) is 69.3 Å². The molecule has 59 heavy (non-hydrogen) atoms. The molecule has 0 radical (unpaired) electrons. The number of aliphatic hydroxyl groups excluding tert-OH is 2. The number of fused-ring (bicyclic) bond motifs is 3. The fourth-order valence-electron chi connectivity index (χ4n) is 9.54. The molecule has 12 heteroatoms. The lowest BCUT2D eigenvalue weighted by molar-refractivity contribution is -0.252. The Kier molecular flexibility index (Phi) is 12.9. The summed E-state index contributed by atoms with van der Waals surface area (Å²) in [4.78, 5) is 25.0. The van der Waals surface area contributed by atoms with Gasteiger partial charge in [-0.15, -0.1) is 6.58 Å². The Balaban J connectivity index is 1.27. The molecule has 314 valence electrons. The molecule has 1 saturated carbocycles. The van der Waals surface area contributed by atoms with Gasteiger partial charge in [-0.1, -0.05) is 60.5 Å². The second kappa shape index (κ2) is 18.6. The molecule has 12 nitrogen and oxygen atoms in total. The fraction of sp³-hybridized carbons (Fsp3) is 0.489. The maximum atomic E-state index is 14.7. The number of ether oxygens (including phenoxy) is 5. The first kappa shape index (κ1) is 40.9. The summed E-state index contributed by atoms with van der Waals surface area (Å²) in [5.41, 5.74) is 4.19. The highest BCUT2D eigenvalue weighted by atomic mass is 16.7. The van der Waals surface area contributed by atoms with Crippen molar-refractivity contribution in [2.24, 2.45) is 22.9 Å². The van der Waals surface area contributed by atoms with E-state index in [2.05, 4.69) is 23.6 Å². The number of hydrogen-bond donors (Lipinski definition) is 2. The van der Waals surface area contributed by atoms with E-state index in [0.717, 1.165) is 73.5 Å². The molecular formula is C47H57N3O9. The highest BCUT2D eigenvalue weighted by molar-refractivity contribution is 6.03. The smallest absolute Gasteiger partial charge is 0.254 e. The number of rotatable bonds is 20. The molecule has 3 aromatic rings. The van der Waals surface area contributed by atoms with Crippen LogP contribution in [0.5, 0.6) is 23.0 Å². The molecule has 0 aromatic heterocycles. The number of hydrogen-bond acceptors (Lipinski definition) is 11. The molecule has 2 fully saturated rings. The van der Waals surface area contributed by atoms with Crippen LogP contribution < -0.4 is 18.9 Å². The van der Waals surface area contributed by atoms with Gasteiger partial charge in [0.2, 0.25) is 12.6 Å². The lowest BCUT2D eigenvalue weighted by Gasteiger charge is -2.59. The molecule has 5 aliphatic rings. The third-order valence-electron chi connectivity index (χ3n) is 12.5. The average Bonchev–Trinajstić information content (AvgIpc) is 3.97. The fourth-order valence-corrected chi connectivity index (χ4v) is 9.54. The Morgan fingerprint density at radius 3 is 2.54 bits per heavy atom. The van der Waals surface area contributed by atoms with Crippen molar-refractivity contribution in [3.63, 3.8) is 0 Å². The van der Waals surface area contributed by atoms with Crippen LogP contribution in [-0.2, 0) is 16.2 Å². The summed E-state index contributed by atoms with van der Waals surface area (Å²) < 4.78 is 32.0. The van der Waals surface area contributed by atoms with Crippen LogP contribution in [0.2, 0.25) is 0 Å². The van der Waals surface area contributed by atoms with Crippen molar-refractivity contribution >= 4 is 11.6 Å². The zero-order chi connectivity index (χ0) is 40.8. The molecule has 3 aromatic carbocycles. The second-order valence-corrected chi connectivity index (χ2v) is 16.2. The van der Waals surface area contributed by atoms with Crippen molar-refractivity contribution in [3.8, 4) is 23.0 Å². The first-order valence-electron chi connectivity index (χ1n) is 21.2. The summed E-state index contributed by atoms with van der Waals surface area (Å²) in [6, 6.07) is 20.6. The number of carbonyl (C=O) groups excluding carboxylic acids is 1. The zero-order valence-electron chi connectivity index (χ0n) is 34.0. The molecular weight excluding hydrogens is 751 g/mol. The number of carbonyl (C=O) groups is 1. The van der Waals surface area contributed by atoms with Crippen LogP contribution in [0.3, 0.4) is 0 Å². The van der Waals surface area contributed by atoms with Crippen LogP contribution in [0.4, 0.5) is 0 Å². The molecule has 0 bridgehead atoms. The Morgan fingerprint density at radius 2 is 1.76 bits per heavy atom. The largest absolute Gasteiger partial charge is 0.492 e. The first-order valence-corrected chi connectivity index (χ1v) is 21.2. The summed E-state index contributed by atoms with van der Waals surface area (Å²) in [6.45, 7) is 8.49. The van der Waals surface area contributed by atoms with Crippen molar-refractivity contribution in [3.05, 3.63) is 108 Å². The van der Waals surface area contributed by atoms with E-state index in [1.807, 2.05) is 42.5 Å². The number of oxime groups is 1. The van der Waals surface area contributed by atoms with Gasteiger partial charge in [0, 0.05) is 63.4 Å². The second-order valence-electron chi connectivity index (χ2n) is 16.2. The molecule has 1 amide bonds. The monoisotopic (exact) mass is 807 g/mol. The van der Waals surface area contributed by atoms with E-state index in [1.54, 1.807) is 36.2 Å². The quantitative estimate of drug-likeness (QED) is 0.0550. The van der Waals surface area contributed by atoms with Gasteiger partial charge in [0.05, 0.1) is 18.2 Å². The molecule has 8 rings (SSSR count). The highest BCUT2D eigenvalue weighted by Gasteiger charge is 2.65. The normalized spacial score (nSPS) is 25.6. The van der Waals surface area contributed by atoms with Gasteiger partial charge < -0.3 is 43.6 Å². The van der Waals surface area contributed by atoms with Crippen molar-refractivity contribution in [1.82, 2.24) is 9.80 Å².